The molecule has 7 nitrogen and oxygen atoms in total. The average molecular weight is 343 g/mol. The molecule has 1 aliphatic rings. The molecule has 1 aromatic carbocycles. The molecule has 0 radical (unpaired) electrons. The van der Waals surface area contributed by atoms with Crippen LogP contribution in [0, 0.1) is 12.8 Å². The van der Waals surface area contributed by atoms with Gasteiger partial charge in [0.1, 0.15) is 0 Å². The van der Waals surface area contributed by atoms with Gasteiger partial charge in [-0.3, -0.25) is 4.79 Å². The number of carbonyl (C=O) groups is 1. The second-order valence-electron chi connectivity index (χ2n) is 5.49. The first-order chi connectivity index (χ1) is 10.8. The van der Waals surface area contributed by atoms with Crippen molar-refractivity contribution >= 4 is 16.0 Å². The van der Waals surface area contributed by atoms with E-state index in [1.807, 2.05) is 0 Å². The van der Waals surface area contributed by atoms with Crippen molar-refractivity contribution in [3.8, 4) is 11.5 Å². The maximum atomic E-state index is 12.8. The number of aryl methyl sites for hydroxylation is 1. The molecule has 23 heavy (non-hydrogen) atoms. The van der Waals surface area contributed by atoms with Gasteiger partial charge in [-0.1, -0.05) is 0 Å². The number of rotatable bonds is 5. The van der Waals surface area contributed by atoms with Gasteiger partial charge in [0.25, 0.3) is 0 Å². The average Bonchev–Trinajstić information content (AvgIpc) is 2.54. The second kappa shape index (κ2) is 6.76. The van der Waals surface area contributed by atoms with Crippen LogP contribution in [0.2, 0.25) is 0 Å². The first kappa shape index (κ1) is 17.6. The topological polar surface area (TPSA) is 93.1 Å². The maximum Gasteiger partial charge on any atom is 0.306 e. The Bertz CT molecular complexity index is 692. The third kappa shape index (κ3) is 3.42. The zero-order chi connectivity index (χ0) is 17.2. The lowest BCUT2D eigenvalue weighted by molar-refractivity contribution is -0.142. The standard InChI is InChI=1S/C15H21NO6S/c1-10-8-12(21-2)13(22-3)9-14(10)23(19,20)16-6-4-11(5-7-16)15(17)18/h8-9,11H,4-7H2,1-3H3,(H,17,18). The summed E-state index contributed by atoms with van der Waals surface area (Å²) in [5.74, 6) is -0.539. The van der Waals surface area contributed by atoms with Gasteiger partial charge in [-0.2, -0.15) is 4.31 Å². The van der Waals surface area contributed by atoms with E-state index in [2.05, 4.69) is 0 Å². The molecule has 1 aliphatic heterocycles. The molecule has 0 atom stereocenters. The number of nitrogens with zero attached hydrogens (tertiary/aromatic N) is 1. The maximum absolute atomic E-state index is 12.8. The summed E-state index contributed by atoms with van der Waals surface area (Å²) in [5.41, 5.74) is 0.558. The molecule has 1 N–H and O–H groups in total. The van der Waals surface area contributed by atoms with Crippen molar-refractivity contribution in [3.63, 3.8) is 0 Å². The Morgan fingerprint density at radius 2 is 1.70 bits per heavy atom. The molecule has 1 fully saturated rings. The summed E-state index contributed by atoms with van der Waals surface area (Å²) in [4.78, 5) is 11.1. The number of benzene rings is 1. The van der Waals surface area contributed by atoms with Crippen molar-refractivity contribution in [3.05, 3.63) is 17.7 Å². The first-order valence-corrected chi connectivity index (χ1v) is 8.70. The number of piperidine rings is 1. The van der Waals surface area contributed by atoms with E-state index in [1.54, 1.807) is 13.0 Å². The van der Waals surface area contributed by atoms with Crippen LogP contribution >= 0.6 is 0 Å². The molecule has 0 amide bonds. The molecule has 0 saturated carbocycles. The summed E-state index contributed by atoms with van der Waals surface area (Å²) in [6.45, 7) is 2.10. The molecule has 8 heteroatoms. The number of sulfonamides is 1. The van der Waals surface area contributed by atoms with Gasteiger partial charge >= 0.3 is 5.97 Å². The minimum atomic E-state index is -3.69. The highest BCUT2D eigenvalue weighted by atomic mass is 32.2. The van der Waals surface area contributed by atoms with Gasteiger partial charge in [-0.15, -0.1) is 0 Å². The van der Waals surface area contributed by atoms with Gasteiger partial charge in [0.2, 0.25) is 10.0 Å². The Hall–Kier alpha value is -1.80. The van der Waals surface area contributed by atoms with E-state index in [9.17, 15) is 13.2 Å². The van der Waals surface area contributed by atoms with Crippen LogP contribution in [0.5, 0.6) is 11.5 Å². The summed E-state index contributed by atoms with van der Waals surface area (Å²) in [6.07, 6.45) is 0.641. The summed E-state index contributed by atoms with van der Waals surface area (Å²) in [5, 5.41) is 9.02. The first-order valence-electron chi connectivity index (χ1n) is 7.26. The summed E-state index contributed by atoms with van der Waals surface area (Å²) < 4.78 is 37.4. The van der Waals surface area contributed by atoms with Crippen LogP contribution in [-0.2, 0) is 14.8 Å². The molecule has 0 aromatic heterocycles. The minimum Gasteiger partial charge on any atom is -0.493 e. The number of carboxylic acids is 1. The molecule has 128 valence electrons. The Morgan fingerprint density at radius 3 is 2.17 bits per heavy atom. The Kier molecular flexibility index (Phi) is 5.16. The molecule has 1 saturated heterocycles. The number of aliphatic carboxylic acids is 1. The third-order valence-corrected chi connectivity index (χ3v) is 6.14. The van der Waals surface area contributed by atoms with Crippen LogP contribution in [0.1, 0.15) is 18.4 Å². The summed E-state index contributed by atoms with van der Waals surface area (Å²) in [7, 11) is -0.760. The van der Waals surface area contributed by atoms with Crippen LogP contribution < -0.4 is 9.47 Å². The van der Waals surface area contributed by atoms with Crippen molar-refractivity contribution in [2.24, 2.45) is 5.92 Å². The Balaban J connectivity index is 2.32. The van der Waals surface area contributed by atoms with Gasteiger partial charge < -0.3 is 14.6 Å². The van der Waals surface area contributed by atoms with Gasteiger partial charge in [-0.25, -0.2) is 8.42 Å². The number of carboxylic acid groups (broad SMARTS) is 1. The highest BCUT2D eigenvalue weighted by Gasteiger charge is 2.33. The van der Waals surface area contributed by atoms with Gasteiger partial charge in [0.05, 0.1) is 25.0 Å². The van der Waals surface area contributed by atoms with Gasteiger partial charge in [0, 0.05) is 19.2 Å². The molecule has 0 unspecified atom stereocenters. The van der Waals surface area contributed by atoms with E-state index in [0.717, 1.165) is 0 Å². The van der Waals surface area contributed by atoms with E-state index in [0.29, 0.717) is 29.9 Å². The highest BCUT2D eigenvalue weighted by molar-refractivity contribution is 7.89. The van der Waals surface area contributed by atoms with Crippen molar-refractivity contribution < 1.29 is 27.8 Å². The van der Waals surface area contributed by atoms with Crippen LogP contribution in [0.3, 0.4) is 0 Å². The minimum absolute atomic E-state index is 0.156. The fraction of sp³-hybridized carbons (Fsp3) is 0.533. The van der Waals surface area contributed by atoms with Gasteiger partial charge in [0.15, 0.2) is 11.5 Å². The van der Waals surface area contributed by atoms with Crippen molar-refractivity contribution in [1.82, 2.24) is 4.31 Å². The highest BCUT2D eigenvalue weighted by Crippen LogP contribution is 2.34. The van der Waals surface area contributed by atoms with Crippen LogP contribution in [0.15, 0.2) is 17.0 Å². The van der Waals surface area contributed by atoms with Crippen molar-refractivity contribution in [2.45, 2.75) is 24.7 Å². The molecule has 0 spiro atoms. The van der Waals surface area contributed by atoms with Gasteiger partial charge in [-0.05, 0) is 31.4 Å². The lowest BCUT2D eigenvalue weighted by Crippen LogP contribution is -2.40. The summed E-state index contributed by atoms with van der Waals surface area (Å²) >= 11 is 0. The Morgan fingerprint density at radius 1 is 1.17 bits per heavy atom. The van der Waals surface area contributed by atoms with E-state index in [-0.39, 0.29) is 18.0 Å². The second-order valence-corrected chi connectivity index (χ2v) is 7.40. The predicted octanol–water partition coefficient (Wildman–Crippen LogP) is 1.50. The lowest BCUT2D eigenvalue weighted by Gasteiger charge is -2.30. The number of hydrogen-bond donors (Lipinski definition) is 1. The fourth-order valence-electron chi connectivity index (χ4n) is 2.72. The number of hydrogen-bond acceptors (Lipinski definition) is 5. The van der Waals surface area contributed by atoms with E-state index in [4.69, 9.17) is 14.6 Å². The zero-order valence-corrected chi connectivity index (χ0v) is 14.2. The zero-order valence-electron chi connectivity index (χ0n) is 13.4. The molecule has 1 aromatic rings. The lowest BCUT2D eigenvalue weighted by atomic mass is 9.99. The molecular formula is C15H21NO6S. The SMILES string of the molecule is COc1cc(C)c(S(=O)(=O)N2CCC(C(=O)O)CC2)cc1OC. The smallest absolute Gasteiger partial charge is 0.306 e. The molecular weight excluding hydrogens is 322 g/mol. The number of ether oxygens (including phenoxy) is 2. The fourth-order valence-corrected chi connectivity index (χ4v) is 4.41. The molecule has 1 heterocycles. The van der Waals surface area contributed by atoms with E-state index in [1.165, 1.54) is 24.6 Å². The van der Waals surface area contributed by atoms with Crippen molar-refractivity contribution in [1.29, 1.82) is 0 Å². The van der Waals surface area contributed by atoms with E-state index < -0.39 is 21.9 Å². The Labute approximate surface area is 135 Å². The van der Waals surface area contributed by atoms with Crippen LogP contribution in [0.25, 0.3) is 0 Å². The normalized spacial score (nSPS) is 17.0. The monoisotopic (exact) mass is 343 g/mol. The van der Waals surface area contributed by atoms with Crippen LogP contribution in [0.4, 0.5) is 0 Å². The molecule has 2 rings (SSSR count). The van der Waals surface area contributed by atoms with Crippen molar-refractivity contribution in [2.75, 3.05) is 27.3 Å². The number of methoxy groups -OCH3 is 2. The van der Waals surface area contributed by atoms with E-state index >= 15 is 0 Å². The summed E-state index contributed by atoms with van der Waals surface area (Å²) in [6, 6.07) is 3.07. The largest absolute Gasteiger partial charge is 0.493 e. The molecule has 0 bridgehead atoms. The predicted molar refractivity (Wildman–Crippen MR) is 83.4 cm³/mol. The third-order valence-electron chi connectivity index (χ3n) is 4.10. The van der Waals surface area contributed by atoms with Crippen LogP contribution in [-0.4, -0.2) is 51.1 Å². The quantitative estimate of drug-likeness (QED) is 0.871. The molecule has 0 aliphatic carbocycles.